The molecule has 7 nitrogen and oxygen atoms in total. The molecule has 3 aromatic rings. The van der Waals surface area contributed by atoms with Gasteiger partial charge in [0.25, 0.3) is 0 Å². The molecule has 2 heterocycles. The van der Waals surface area contributed by atoms with Crippen molar-refractivity contribution >= 4 is 27.2 Å². The lowest BCUT2D eigenvalue weighted by atomic mass is 9.87. The summed E-state index contributed by atoms with van der Waals surface area (Å²) in [5, 5.41) is 15.5. The van der Waals surface area contributed by atoms with Crippen LogP contribution < -0.4 is 0 Å². The molecule has 2 atom stereocenters. The van der Waals surface area contributed by atoms with Gasteiger partial charge in [-0.15, -0.1) is 0 Å². The molecule has 2 aliphatic carbocycles. The van der Waals surface area contributed by atoms with Gasteiger partial charge in [-0.1, -0.05) is 59.2 Å². The van der Waals surface area contributed by atoms with Crippen LogP contribution in [0.25, 0.3) is 22.6 Å². The highest BCUT2D eigenvalue weighted by atomic mass is 28.3. The maximum absolute atomic E-state index is 10.3. The number of hydrogen-bond acceptors (Lipinski definition) is 5. The Kier molecular flexibility index (Phi) is 8.26. The summed E-state index contributed by atoms with van der Waals surface area (Å²) < 4.78 is 16.9. The molecule has 0 amide bonds. The molecule has 1 N–H and O–H groups in total. The average Bonchev–Trinajstić information content (AvgIpc) is 3.23. The van der Waals surface area contributed by atoms with Crippen LogP contribution in [-0.4, -0.2) is 53.8 Å². The number of nitrogens with zero attached hydrogens (tertiary/aromatic N) is 4. The van der Waals surface area contributed by atoms with Crippen LogP contribution in [0.4, 0.5) is 0 Å². The molecule has 1 aromatic carbocycles. The van der Waals surface area contributed by atoms with E-state index in [4.69, 9.17) is 19.6 Å². The number of rotatable bonds is 13. The first-order valence-electron chi connectivity index (χ1n) is 15.2. The second-order valence-electron chi connectivity index (χ2n) is 14.9. The van der Waals surface area contributed by atoms with Crippen LogP contribution in [0.1, 0.15) is 42.7 Å². The fourth-order valence-electron chi connectivity index (χ4n) is 5.96. The number of aliphatic hydroxyl groups is 1. The maximum Gasteiger partial charge on any atom is 0.163 e. The SMILES string of the molecule is CCc1cc(CO)c2nc(-c3nn(COCC[Si](C)(C)C)c4c3C[C@@H]3C[C@]3(C)C4)n(COCC[Si](C)(C)C)c2c1. The third kappa shape index (κ3) is 6.33. The van der Waals surface area contributed by atoms with Crippen molar-refractivity contribution in [1.29, 1.82) is 0 Å². The van der Waals surface area contributed by atoms with Crippen molar-refractivity contribution in [3.63, 3.8) is 0 Å². The van der Waals surface area contributed by atoms with Gasteiger partial charge in [0.15, 0.2) is 5.82 Å². The van der Waals surface area contributed by atoms with Gasteiger partial charge in [0.05, 0.1) is 17.6 Å². The van der Waals surface area contributed by atoms with Gasteiger partial charge in [-0.3, -0.25) is 4.57 Å². The first-order chi connectivity index (χ1) is 18.8. The molecule has 1 saturated carbocycles. The molecule has 2 aromatic heterocycles. The molecule has 220 valence electrons. The third-order valence-corrected chi connectivity index (χ3v) is 12.3. The zero-order valence-electron chi connectivity index (χ0n) is 26.1. The number of aryl methyl sites for hydroxylation is 1. The molecule has 1 fully saturated rings. The van der Waals surface area contributed by atoms with E-state index < -0.39 is 16.1 Å². The predicted octanol–water partition coefficient (Wildman–Crippen LogP) is 6.70. The van der Waals surface area contributed by atoms with Gasteiger partial charge in [-0.25, -0.2) is 9.67 Å². The van der Waals surface area contributed by atoms with Crippen molar-refractivity contribution in [1.82, 2.24) is 19.3 Å². The molecule has 0 saturated heterocycles. The molecule has 2 aliphatic rings. The largest absolute Gasteiger partial charge is 0.392 e. The zero-order chi connectivity index (χ0) is 28.9. The van der Waals surface area contributed by atoms with Gasteiger partial charge in [0.2, 0.25) is 0 Å². The molecule has 0 spiro atoms. The van der Waals surface area contributed by atoms with Gasteiger partial charge in [0.1, 0.15) is 19.2 Å². The molecule has 0 aliphatic heterocycles. The first kappa shape index (κ1) is 29.7. The number of hydrogen-bond donors (Lipinski definition) is 1. The summed E-state index contributed by atoms with van der Waals surface area (Å²) in [5.74, 6) is 1.57. The average molecular weight is 583 g/mol. The third-order valence-electron chi connectivity index (χ3n) is 8.94. The lowest BCUT2D eigenvalue weighted by Gasteiger charge is -2.20. The van der Waals surface area contributed by atoms with Crippen LogP contribution in [0.5, 0.6) is 0 Å². The standard InChI is InChI=1S/C31H50N4O3Si2/c1-9-22-14-23(19-36)28-26(15-22)34(20-37-10-12-39(3,4)5)30(32-28)29-25-16-24-17-31(24,2)18-27(25)35(33-29)21-38-11-13-40(6,7)8/h14-15,24,36H,9-13,16-21H2,1-8H3/t24-,31-/m1/s1. The van der Waals surface area contributed by atoms with Gasteiger partial charge >= 0.3 is 0 Å². The van der Waals surface area contributed by atoms with Crippen LogP contribution in [0.3, 0.4) is 0 Å². The zero-order valence-corrected chi connectivity index (χ0v) is 28.1. The summed E-state index contributed by atoms with van der Waals surface area (Å²) in [7, 11) is -2.36. The Balaban J connectivity index is 1.55. The molecule has 0 radical (unpaired) electrons. The summed E-state index contributed by atoms with van der Waals surface area (Å²) in [6, 6.07) is 6.58. The van der Waals surface area contributed by atoms with Crippen LogP contribution >= 0.6 is 0 Å². The summed E-state index contributed by atoms with van der Waals surface area (Å²) >= 11 is 0. The van der Waals surface area contributed by atoms with E-state index in [-0.39, 0.29) is 6.61 Å². The van der Waals surface area contributed by atoms with Crippen molar-refractivity contribution in [2.75, 3.05) is 13.2 Å². The topological polar surface area (TPSA) is 74.3 Å². The Bertz CT molecular complexity index is 1370. The van der Waals surface area contributed by atoms with Gasteiger partial charge < -0.3 is 14.6 Å². The molecule has 0 bridgehead atoms. The lowest BCUT2D eigenvalue weighted by Crippen LogP contribution is -2.23. The van der Waals surface area contributed by atoms with E-state index >= 15 is 0 Å². The predicted molar refractivity (Wildman–Crippen MR) is 168 cm³/mol. The van der Waals surface area contributed by atoms with Gasteiger partial charge in [-0.05, 0) is 60.7 Å². The summed E-state index contributed by atoms with van der Waals surface area (Å²) in [6.07, 6.45) is 4.27. The molecule has 40 heavy (non-hydrogen) atoms. The summed E-state index contributed by atoms with van der Waals surface area (Å²) in [4.78, 5) is 5.18. The molecule has 9 heteroatoms. The summed E-state index contributed by atoms with van der Waals surface area (Å²) in [6.45, 7) is 21.3. The number of aliphatic hydroxyl groups excluding tert-OH is 1. The molecule has 0 unspecified atom stereocenters. The van der Waals surface area contributed by atoms with E-state index in [0.29, 0.717) is 18.9 Å². The Labute approximate surface area is 242 Å². The van der Waals surface area contributed by atoms with Gasteiger partial charge in [-0.2, -0.15) is 5.10 Å². The minimum Gasteiger partial charge on any atom is -0.392 e. The second kappa shape index (κ2) is 11.1. The number of aromatic nitrogens is 4. The molecule has 5 rings (SSSR count). The highest BCUT2D eigenvalue weighted by Crippen LogP contribution is 2.60. The highest BCUT2D eigenvalue weighted by Gasteiger charge is 2.54. The fraction of sp³-hybridized carbons (Fsp3) is 0.677. The van der Waals surface area contributed by atoms with E-state index in [1.807, 2.05) is 0 Å². The normalized spacial score (nSPS) is 20.7. The smallest absolute Gasteiger partial charge is 0.163 e. The van der Waals surface area contributed by atoms with Crippen LogP contribution in [-0.2, 0) is 48.8 Å². The Morgan fingerprint density at radius 1 is 1.02 bits per heavy atom. The Morgan fingerprint density at radius 2 is 1.70 bits per heavy atom. The second-order valence-corrected chi connectivity index (χ2v) is 26.1. The van der Waals surface area contributed by atoms with Gasteiger partial charge in [0, 0.05) is 46.2 Å². The van der Waals surface area contributed by atoms with E-state index in [0.717, 1.165) is 78.6 Å². The number of ether oxygens (including phenoxy) is 2. The van der Waals surface area contributed by atoms with Crippen LogP contribution in [0.15, 0.2) is 12.1 Å². The molecular weight excluding hydrogens is 533 g/mol. The highest BCUT2D eigenvalue weighted by molar-refractivity contribution is 6.76. The number of benzene rings is 1. The van der Waals surface area contributed by atoms with Crippen molar-refractivity contribution in [2.24, 2.45) is 11.3 Å². The quantitative estimate of drug-likeness (QED) is 0.179. The lowest BCUT2D eigenvalue weighted by molar-refractivity contribution is 0.0756. The van der Waals surface area contributed by atoms with Crippen molar-refractivity contribution < 1.29 is 14.6 Å². The van der Waals surface area contributed by atoms with Crippen molar-refractivity contribution in [3.8, 4) is 11.5 Å². The van der Waals surface area contributed by atoms with Crippen molar-refractivity contribution in [2.45, 2.75) is 111 Å². The Hall–Kier alpha value is -1.79. The maximum atomic E-state index is 10.3. The van der Waals surface area contributed by atoms with E-state index in [1.165, 1.54) is 23.2 Å². The van der Waals surface area contributed by atoms with Crippen LogP contribution in [0, 0.1) is 11.3 Å². The number of fused-ring (bicyclic) bond motifs is 3. The van der Waals surface area contributed by atoms with E-state index in [1.54, 1.807) is 0 Å². The summed E-state index contributed by atoms with van der Waals surface area (Å²) in [5.41, 5.74) is 7.93. The minimum atomic E-state index is -1.20. The Morgan fingerprint density at radius 3 is 2.33 bits per heavy atom. The van der Waals surface area contributed by atoms with E-state index in [9.17, 15) is 5.11 Å². The minimum absolute atomic E-state index is 0.0326. The monoisotopic (exact) mass is 582 g/mol. The molecular formula is C31H50N4O3Si2. The van der Waals surface area contributed by atoms with Crippen LogP contribution in [0.2, 0.25) is 51.4 Å². The van der Waals surface area contributed by atoms with Crippen molar-refractivity contribution in [3.05, 3.63) is 34.5 Å². The van der Waals surface area contributed by atoms with E-state index in [2.05, 4.69) is 74.5 Å². The fourth-order valence-corrected chi connectivity index (χ4v) is 7.47. The number of imidazole rings is 1. The first-order valence-corrected chi connectivity index (χ1v) is 22.6.